The summed E-state index contributed by atoms with van der Waals surface area (Å²) < 4.78 is 7.65. The number of carbonyl (C=O) groups excluding carboxylic acids is 1. The molecule has 5 rings (SSSR count). The number of furan rings is 1. The lowest BCUT2D eigenvalue weighted by atomic mass is 9.99. The first-order valence-electron chi connectivity index (χ1n) is 9.95. The number of nitrogens with zero attached hydrogens (tertiary/aromatic N) is 3. The SMILES string of the molecule is Cc1c(C(=O)Nc2nc(C3CCCNC3)nn2C)oc2c1ccc1ccccc12. The molecule has 0 radical (unpaired) electrons. The lowest BCUT2D eigenvalue weighted by molar-refractivity contribution is 0.0996. The van der Waals surface area contributed by atoms with Crippen LogP contribution in [0.1, 0.15) is 40.7 Å². The number of benzene rings is 2. The fourth-order valence-electron chi connectivity index (χ4n) is 4.08. The summed E-state index contributed by atoms with van der Waals surface area (Å²) in [6, 6.07) is 12.1. The molecule has 1 unspecified atom stereocenters. The molecular weight excluding hydrogens is 366 g/mol. The van der Waals surface area contributed by atoms with Crippen LogP contribution in [0, 0.1) is 6.92 Å². The number of aromatic nitrogens is 3. The predicted molar refractivity (Wildman–Crippen MR) is 112 cm³/mol. The van der Waals surface area contributed by atoms with Gasteiger partial charge in [-0.3, -0.25) is 10.1 Å². The molecule has 1 amide bonds. The lowest BCUT2D eigenvalue weighted by Gasteiger charge is -2.19. The molecule has 7 nitrogen and oxygen atoms in total. The first-order chi connectivity index (χ1) is 14.1. The summed E-state index contributed by atoms with van der Waals surface area (Å²) in [5, 5.41) is 13.8. The third kappa shape index (κ3) is 3.07. The minimum absolute atomic E-state index is 0.278. The van der Waals surface area contributed by atoms with E-state index in [2.05, 4.69) is 26.8 Å². The van der Waals surface area contributed by atoms with Gasteiger partial charge >= 0.3 is 0 Å². The number of fused-ring (bicyclic) bond motifs is 3. The van der Waals surface area contributed by atoms with Crippen molar-refractivity contribution in [3.8, 4) is 0 Å². The molecule has 0 aliphatic carbocycles. The Kier molecular flexibility index (Phi) is 4.32. The Bertz CT molecular complexity index is 1220. The van der Waals surface area contributed by atoms with Crippen molar-refractivity contribution >= 4 is 33.6 Å². The molecule has 2 aromatic heterocycles. The van der Waals surface area contributed by atoms with Crippen LogP contribution >= 0.6 is 0 Å². The normalized spacial score (nSPS) is 17.1. The molecule has 3 heterocycles. The highest BCUT2D eigenvalue weighted by Crippen LogP contribution is 2.32. The minimum Gasteiger partial charge on any atom is -0.450 e. The van der Waals surface area contributed by atoms with Crippen LogP contribution < -0.4 is 10.6 Å². The lowest BCUT2D eigenvalue weighted by Crippen LogP contribution is -2.29. The van der Waals surface area contributed by atoms with E-state index in [4.69, 9.17) is 4.42 Å². The summed E-state index contributed by atoms with van der Waals surface area (Å²) in [6.45, 7) is 3.81. The molecule has 1 aliphatic heterocycles. The maximum absolute atomic E-state index is 13.0. The Morgan fingerprint density at radius 2 is 2.10 bits per heavy atom. The average Bonchev–Trinajstić information content (AvgIpc) is 3.29. The molecule has 1 saturated heterocycles. The van der Waals surface area contributed by atoms with Crippen molar-refractivity contribution in [2.45, 2.75) is 25.7 Å². The zero-order valence-corrected chi connectivity index (χ0v) is 16.5. The Morgan fingerprint density at radius 3 is 2.93 bits per heavy atom. The topological polar surface area (TPSA) is 85.0 Å². The molecular formula is C22H23N5O2. The molecule has 0 saturated carbocycles. The number of amides is 1. The van der Waals surface area contributed by atoms with E-state index >= 15 is 0 Å². The molecule has 0 spiro atoms. The van der Waals surface area contributed by atoms with Crippen molar-refractivity contribution in [1.82, 2.24) is 20.1 Å². The highest BCUT2D eigenvalue weighted by atomic mass is 16.3. The summed E-state index contributed by atoms with van der Waals surface area (Å²) in [4.78, 5) is 17.6. The number of nitrogens with one attached hydrogen (secondary N) is 2. The van der Waals surface area contributed by atoms with E-state index in [9.17, 15) is 4.79 Å². The molecule has 7 heteroatoms. The quantitative estimate of drug-likeness (QED) is 0.558. The Balaban J connectivity index is 1.47. The standard InChI is InChI=1S/C22H23N5O2/c1-13-16-10-9-14-6-3-4-8-17(14)19(16)29-18(13)21(28)25-22-24-20(26-27(22)2)15-7-5-11-23-12-15/h3-4,6,8-10,15,23H,5,7,11-12H2,1-2H3,(H,24,25,26,28). The zero-order chi connectivity index (χ0) is 20.0. The summed E-state index contributed by atoms with van der Waals surface area (Å²) in [5.74, 6) is 1.47. The smallest absolute Gasteiger partial charge is 0.294 e. The first kappa shape index (κ1) is 17.9. The maximum atomic E-state index is 13.0. The van der Waals surface area contributed by atoms with Gasteiger partial charge in [-0.15, -0.1) is 0 Å². The number of piperidine rings is 1. The third-order valence-electron chi connectivity index (χ3n) is 5.70. The van der Waals surface area contributed by atoms with Gasteiger partial charge < -0.3 is 9.73 Å². The number of carbonyl (C=O) groups is 1. The summed E-state index contributed by atoms with van der Waals surface area (Å²) in [7, 11) is 1.79. The van der Waals surface area contributed by atoms with E-state index in [-0.39, 0.29) is 11.8 Å². The monoisotopic (exact) mass is 389 g/mol. The first-order valence-corrected chi connectivity index (χ1v) is 9.95. The van der Waals surface area contributed by atoms with Gasteiger partial charge in [-0.1, -0.05) is 36.4 Å². The summed E-state index contributed by atoms with van der Waals surface area (Å²) in [6.07, 6.45) is 2.16. The molecule has 29 heavy (non-hydrogen) atoms. The summed E-state index contributed by atoms with van der Waals surface area (Å²) >= 11 is 0. The van der Waals surface area contributed by atoms with Crippen LogP contribution in [-0.2, 0) is 7.05 Å². The van der Waals surface area contributed by atoms with Crippen LogP contribution in [0.15, 0.2) is 40.8 Å². The molecule has 0 bridgehead atoms. The van der Waals surface area contributed by atoms with Gasteiger partial charge in [-0.2, -0.15) is 10.1 Å². The van der Waals surface area contributed by atoms with Crippen LogP contribution in [0.5, 0.6) is 0 Å². The Hall–Kier alpha value is -3.19. The highest BCUT2D eigenvalue weighted by molar-refractivity contribution is 6.11. The van der Waals surface area contributed by atoms with Crippen LogP contribution in [0.4, 0.5) is 5.95 Å². The van der Waals surface area contributed by atoms with E-state index in [1.807, 2.05) is 37.3 Å². The second-order valence-electron chi connectivity index (χ2n) is 7.63. The molecule has 148 valence electrons. The van der Waals surface area contributed by atoms with Crippen LogP contribution in [0.3, 0.4) is 0 Å². The van der Waals surface area contributed by atoms with Gasteiger partial charge in [0, 0.05) is 35.8 Å². The second-order valence-corrected chi connectivity index (χ2v) is 7.63. The summed E-state index contributed by atoms with van der Waals surface area (Å²) in [5.41, 5.74) is 1.56. The molecule has 1 atom stereocenters. The van der Waals surface area contributed by atoms with Crippen molar-refractivity contribution in [2.24, 2.45) is 7.05 Å². The maximum Gasteiger partial charge on any atom is 0.294 e. The van der Waals surface area contributed by atoms with E-state index in [1.165, 1.54) is 0 Å². The van der Waals surface area contributed by atoms with E-state index in [0.717, 1.165) is 59.1 Å². The van der Waals surface area contributed by atoms with Gasteiger partial charge in [0.15, 0.2) is 11.6 Å². The van der Waals surface area contributed by atoms with E-state index in [1.54, 1.807) is 11.7 Å². The number of hydrogen-bond donors (Lipinski definition) is 2. The molecule has 2 aromatic carbocycles. The Morgan fingerprint density at radius 1 is 1.24 bits per heavy atom. The van der Waals surface area contributed by atoms with Crippen LogP contribution in [0.25, 0.3) is 21.7 Å². The van der Waals surface area contributed by atoms with E-state index < -0.39 is 0 Å². The van der Waals surface area contributed by atoms with Gasteiger partial charge in [0.2, 0.25) is 5.95 Å². The highest BCUT2D eigenvalue weighted by Gasteiger charge is 2.24. The zero-order valence-electron chi connectivity index (χ0n) is 16.5. The van der Waals surface area contributed by atoms with Crippen molar-refractivity contribution in [1.29, 1.82) is 0 Å². The van der Waals surface area contributed by atoms with Crippen molar-refractivity contribution < 1.29 is 9.21 Å². The van der Waals surface area contributed by atoms with Crippen LogP contribution in [-0.4, -0.2) is 33.8 Å². The average molecular weight is 389 g/mol. The second kappa shape index (κ2) is 7.00. The fourth-order valence-corrected chi connectivity index (χ4v) is 4.08. The molecule has 4 aromatic rings. The molecule has 2 N–H and O–H groups in total. The Labute approximate surface area is 168 Å². The number of rotatable bonds is 3. The minimum atomic E-state index is -0.313. The molecule has 1 fully saturated rings. The van der Waals surface area contributed by atoms with Crippen molar-refractivity contribution in [3.05, 3.63) is 53.5 Å². The predicted octanol–water partition coefficient (Wildman–Crippen LogP) is 3.74. The van der Waals surface area contributed by atoms with Gasteiger partial charge in [-0.25, -0.2) is 4.68 Å². The van der Waals surface area contributed by atoms with Gasteiger partial charge in [0.25, 0.3) is 5.91 Å². The fraction of sp³-hybridized carbons (Fsp3) is 0.318. The number of hydrogen-bond acceptors (Lipinski definition) is 5. The molecule has 1 aliphatic rings. The van der Waals surface area contributed by atoms with Crippen molar-refractivity contribution in [3.63, 3.8) is 0 Å². The number of anilines is 1. The third-order valence-corrected chi connectivity index (χ3v) is 5.70. The van der Waals surface area contributed by atoms with Gasteiger partial charge in [-0.05, 0) is 31.7 Å². The van der Waals surface area contributed by atoms with Crippen molar-refractivity contribution in [2.75, 3.05) is 18.4 Å². The van der Waals surface area contributed by atoms with Gasteiger partial charge in [0.05, 0.1) is 0 Å². The van der Waals surface area contributed by atoms with Gasteiger partial charge in [0.1, 0.15) is 5.58 Å². The number of aryl methyl sites for hydroxylation is 2. The largest absolute Gasteiger partial charge is 0.450 e. The van der Waals surface area contributed by atoms with Crippen LogP contribution in [0.2, 0.25) is 0 Å². The van der Waals surface area contributed by atoms with E-state index in [0.29, 0.717) is 11.7 Å².